The molecule has 2 aliphatic rings. The van der Waals surface area contributed by atoms with Gasteiger partial charge in [0.25, 0.3) is 0 Å². The van der Waals surface area contributed by atoms with Crippen molar-refractivity contribution in [1.82, 2.24) is 9.97 Å². The van der Waals surface area contributed by atoms with Gasteiger partial charge in [0, 0.05) is 6.07 Å². The Hall–Kier alpha value is -1.70. The van der Waals surface area contributed by atoms with E-state index < -0.39 is 15.4 Å². The molecule has 0 aromatic carbocycles. The highest BCUT2D eigenvalue weighted by Crippen LogP contribution is 2.60. The number of carbonyl (C=O) groups excluding carboxylic acids is 1. The van der Waals surface area contributed by atoms with Gasteiger partial charge in [-0.3, -0.25) is 9.52 Å². The zero-order valence-corrected chi connectivity index (χ0v) is 14.1. The van der Waals surface area contributed by atoms with E-state index in [2.05, 4.69) is 14.7 Å². The van der Waals surface area contributed by atoms with Crippen LogP contribution in [0.15, 0.2) is 12.4 Å². The number of hydrogen-bond acceptors (Lipinski definition) is 6. The summed E-state index contributed by atoms with van der Waals surface area (Å²) in [4.78, 5) is 20.8. The van der Waals surface area contributed by atoms with E-state index >= 15 is 0 Å². The molecule has 2 aliphatic carbocycles. The van der Waals surface area contributed by atoms with Crippen LogP contribution in [-0.4, -0.2) is 36.7 Å². The van der Waals surface area contributed by atoms with Crippen LogP contribution in [0.1, 0.15) is 38.8 Å². The van der Waals surface area contributed by atoms with Gasteiger partial charge >= 0.3 is 5.97 Å². The Morgan fingerprint density at radius 1 is 1.35 bits per heavy atom. The highest BCUT2D eigenvalue weighted by atomic mass is 32.2. The molecular formula is C15H21N3O4S. The van der Waals surface area contributed by atoms with E-state index in [1.165, 1.54) is 6.33 Å². The molecule has 3 rings (SSSR count). The Balaban J connectivity index is 1.93. The molecule has 2 fully saturated rings. The first-order valence-electron chi connectivity index (χ1n) is 7.90. The molecule has 0 aliphatic heterocycles. The first-order valence-corrected chi connectivity index (χ1v) is 9.55. The lowest BCUT2D eigenvalue weighted by Gasteiger charge is -2.27. The number of rotatable bonds is 6. The predicted octanol–water partition coefficient (Wildman–Crippen LogP) is 1.47. The number of sulfonamides is 1. The topological polar surface area (TPSA) is 98.2 Å². The van der Waals surface area contributed by atoms with Gasteiger partial charge in [0.05, 0.1) is 18.1 Å². The second-order valence-corrected chi connectivity index (χ2v) is 8.27. The molecule has 1 aromatic rings. The van der Waals surface area contributed by atoms with Crippen molar-refractivity contribution in [3.05, 3.63) is 18.1 Å². The summed E-state index contributed by atoms with van der Waals surface area (Å²) in [6.45, 7) is 3.65. The van der Waals surface area contributed by atoms with E-state index in [1.54, 1.807) is 19.9 Å². The van der Waals surface area contributed by atoms with Gasteiger partial charge in [0.15, 0.2) is 0 Å². The molecule has 2 unspecified atom stereocenters. The van der Waals surface area contributed by atoms with E-state index in [0.717, 1.165) is 6.42 Å². The van der Waals surface area contributed by atoms with Gasteiger partial charge in [-0.15, -0.1) is 0 Å². The summed E-state index contributed by atoms with van der Waals surface area (Å²) >= 11 is 0. The minimum Gasteiger partial charge on any atom is -0.465 e. The minimum atomic E-state index is -3.42. The smallest absolute Gasteiger partial charge is 0.318 e. The fourth-order valence-electron chi connectivity index (χ4n) is 3.44. The first-order chi connectivity index (χ1) is 10.9. The zero-order chi connectivity index (χ0) is 16.7. The third-order valence-corrected chi connectivity index (χ3v) is 6.03. The number of ether oxygens (including phenoxy) is 1. The van der Waals surface area contributed by atoms with Crippen LogP contribution in [0.4, 0.5) is 5.82 Å². The number of hydrogen-bond donors (Lipinski definition) is 1. The van der Waals surface area contributed by atoms with Gasteiger partial charge in [-0.25, -0.2) is 18.4 Å². The molecule has 2 saturated carbocycles. The number of fused-ring (bicyclic) bond motifs is 1. The molecule has 1 N–H and O–H groups in total. The maximum atomic E-state index is 12.6. The number of anilines is 1. The summed E-state index contributed by atoms with van der Waals surface area (Å²) in [6, 6.07) is 1.56. The Morgan fingerprint density at radius 3 is 2.65 bits per heavy atom. The Bertz CT molecular complexity index is 709. The third-order valence-electron chi connectivity index (χ3n) is 4.75. The van der Waals surface area contributed by atoms with Crippen LogP contribution in [0.3, 0.4) is 0 Å². The molecule has 1 heterocycles. The van der Waals surface area contributed by atoms with Crippen LogP contribution in [0.25, 0.3) is 0 Å². The molecule has 0 spiro atoms. The first kappa shape index (κ1) is 16.2. The second-order valence-electron chi connectivity index (χ2n) is 6.26. The Labute approximate surface area is 135 Å². The SMILES string of the molecule is CCOC(=O)C1(c2cc(NS(=O)(=O)CC)ncn2)CC2CC2C1. The third kappa shape index (κ3) is 3.04. The van der Waals surface area contributed by atoms with Crippen molar-refractivity contribution in [2.45, 2.75) is 38.5 Å². The quantitative estimate of drug-likeness (QED) is 0.788. The molecule has 23 heavy (non-hydrogen) atoms. The lowest BCUT2D eigenvalue weighted by atomic mass is 9.79. The lowest BCUT2D eigenvalue weighted by molar-refractivity contribution is -0.150. The maximum absolute atomic E-state index is 12.6. The monoisotopic (exact) mass is 339 g/mol. The van der Waals surface area contributed by atoms with Crippen molar-refractivity contribution in [1.29, 1.82) is 0 Å². The summed E-state index contributed by atoms with van der Waals surface area (Å²) in [6.07, 6.45) is 3.89. The number of carbonyl (C=O) groups is 1. The minimum absolute atomic E-state index is 0.0422. The van der Waals surface area contributed by atoms with Gasteiger partial charge in [-0.05, 0) is 44.9 Å². The molecular weight excluding hydrogens is 318 g/mol. The molecule has 126 valence electrons. The van der Waals surface area contributed by atoms with Crippen molar-refractivity contribution in [3.63, 3.8) is 0 Å². The molecule has 0 saturated heterocycles. The van der Waals surface area contributed by atoms with E-state index in [0.29, 0.717) is 37.0 Å². The highest BCUT2D eigenvalue weighted by Gasteiger charge is 2.59. The van der Waals surface area contributed by atoms with Crippen LogP contribution >= 0.6 is 0 Å². The molecule has 7 nitrogen and oxygen atoms in total. The molecule has 0 radical (unpaired) electrons. The summed E-state index contributed by atoms with van der Waals surface area (Å²) < 4.78 is 31.1. The van der Waals surface area contributed by atoms with Crippen molar-refractivity contribution >= 4 is 21.8 Å². The van der Waals surface area contributed by atoms with E-state index in [-0.39, 0.29) is 17.5 Å². The van der Waals surface area contributed by atoms with Crippen molar-refractivity contribution < 1.29 is 17.9 Å². The summed E-state index contributed by atoms with van der Waals surface area (Å²) in [5.41, 5.74) is -0.217. The predicted molar refractivity (Wildman–Crippen MR) is 84.3 cm³/mol. The van der Waals surface area contributed by atoms with Crippen LogP contribution in [0, 0.1) is 11.8 Å². The van der Waals surface area contributed by atoms with Gasteiger partial charge in [0.2, 0.25) is 10.0 Å². The second kappa shape index (κ2) is 5.74. The molecule has 1 aromatic heterocycles. The van der Waals surface area contributed by atoms with Crippen molar-refractivity contribution in [2.24, 2.45) is 11.8 Å². The maximum Gasteiger partial charge on any atom is 0.318 e. The molecule has 0 amide bonds. The largest absolute Gasteiger partial charge is 0.465 e. The summed E-state index contributed by atoms with van der Waals surface area (Å²) in [7, 11) is -3.42. The average molecular weight is 339 g/mol. The Morgan fingerprint density at radius 2 is 2.04 bits per heavy atom. The molecule has 0 bridgehead atoms. The normalized spacial score (nSPS) is 29.0. The average Bonchev–Trinajstić information content (AvgIpc) is 3.14. The number of nitrogens with zero attached hydrogens (tertiary/aromatic N) is 2. The van der Waals surface area contributed by atoms with Crippen LogP contribution in [0.2, 0.25) is 0 Å². The van der Waals surface area contributed by atoms with Crippen LogP contribution in [-0.2, 0) is 25.0 Å². The fraction of sp³-hybridized carbons (Fsp3) is 0.667. The number of esters is 1. The fourth-order valence-corrected chi connectivity index (χ4v) is 4.02. The van der Waals surface area contributed by atoms with Gasteiger partial charge in [-0.1, -0.05) is 0 Å². The van der Waals surface area contributed by atoms with Gasteiger partial charge in [0.1, 0.15) is 17.6 Å². The van der Waals surface area contributed by atoms with E-state index in [1.807, 2.05) is 0 Å². The Kier molecular flexibility index (Phi) is 4.03. The number of nitrogens with one attached hydrogen (secondary N) is 1. The summed E-state index contributed by atoms with van der Waals surface area (Å²) in [5.74, 6) is 0.978. The van der Waals surface area contributed by atoms with Crippen LogP contribution < -0.4 is 4.72 Å². The molecule has 2 atom stereocenters. The van der Waals surface area contributed by atoms with Crippen molar-refractivity contribution in [2.75, 3.05) is 17.1 Å². The summed E-state index contributed by atoms with van der Waals surface area (Å²) in [5, 5.41) is 0. The lowest BCUT2D eigenvalue weighted by Crippen LogP contribution is -2.37. The zero-order valence-electron chi connectivity index (χ0n) is 13.3. The van der Waals surface area contributed by atoms with E-state index in [4.69, 9.17) is 4.74 Å². The van der Waals surface area contributed by atoms with Crippen molar-refractivity contribution in [3.8, 4) is 0 Å². The van der Waals surface area contributed by atoms with Gasteiger partial charge in [-0.2, -0.15) is 0 Å². The van der Waals surface area contributed by atoms with Crippen LogP contribution in [0.5, 0.6) is 0 Å². The van der Waals surface area contributed by atoms with E-state index in [9.17, 15) is 13.2 Å². The van der Waals surface area contributed by atoms with Gasteiger partial charge < -0.3 is 4.74 Å². The number of aromatic nitrogens is 2. The highest BCUT2D eigenvalue weighted by molar-refractivity contribution is 7.92. The molecule has 8 heteroatoms. The standard InChI is InChI=1S/C15H21N3O4S/c1-3-22-14(19)15(7-10-5-11(10)8-15)12-6-13(17-9-16-12)18-23(20,21)4-2/h6,9-11H,3-5,7-8H2,1-2H3,(H,16,17,18).